The molecule has 2 aliphatic rings. The van der Waals surface area contributed by atoms with Gasteiger partial charge in [0.2, 0.25) is 18.6 Å². The number of fused-ring (bicyclic) bond motifs is 1. The second kappa shape index (κ2) is 8.99. The zero-order valence-corrected chi connectivity index (χ0v) is 16.4. The van der Waals surface area contributed by atoms with Gasteiger partial charge in [0.15, 0.2) is 11.5 Å². The number of carbonyl (C=O) groups is 2. The molecule has 0 radical (unpaired) electrons. The second-order valence-corrected chi connectivity index (χ2v) is 7.47. The van der Waals surface area contributed by atoms with Crippen molar-refractivity contribution in [3.05, 3.63) is 59.7 Å². The molecule has 0 aromatic heterocycles. The van der Waals surface area contributed by atoms with Gasteiger partial charge in [-0.15, -0.1) is 0 Å². The Kier molecular flexibility index (Phi) is 5.98. The molecule has 2 heterocycles. The van der Waals surface area contributed by atoms with Crippen molar-refractivity contribution in [2.75, 3.05) is 26.4 Å². The lowest BCUT2D eigenvalue weighted by molar-refractivity contribution is -0.133. The zero-order valence-electron chi connectivity index (χ0n) is 16.4. The summed E-state index contributed by atoms with van der Waals surface area (Å²) in [5.41, 5.74) is 2.09. The standard InChI is InChI=1S/C23H26N2O4/c26-22(24-11-13-25-12-5-4-8-23(25)27)15-19(17-6-2-1-3-7-17)18-9-10-20-21(14-18)29-16-28-20/h1-3,6-7,9-10,14,19H,4-5,8,11-13,15-16H2,(H,24,26). The number of piperidine rings is 1. The fraction of sp³-hybridized carbons (Fsp3) is 0.391. The molecule has 0 spiro atoms. The van der Waals surface area contributed by atoms with E-state index < -0.39 is 0 Å². The van der Waals surface area contributed by atoms with E-state index >= 15 is 0 Å². The predicted molar refractivity (Wildman–Crippen MR) is 109 cm³/mol. The highest BCUT2D eigenvalue weighted by molar-refractivity contribution is 5.78. The molecule has 2 amide bonds. The molecule has 0 bridgehead atoms. The van der Waals surface area contributed by atoms with E-state index in [1.807, 2.05) is 53.4 Å². The summed E-state index contributed by atoms with van der Waals surface area (Å²) < 4.78 is 10.9. The van der Waals surface area contributed by atoms with Gasteiger partial charge in [0.25, 0.3) is 0 Å². The van der Waals surface area contributed by atoms with Crippen LogP contribution in [0, 0.1) is 0 Å². The minimum atomic E-state index is -0.0812. The van der Waals surface area contributed by atoms with Crippen LogP contribution < -0.4 is 14.8 Å². The quantitative estimate of drug-likeness (QED) is 0.784. The van der Waals surface area contributed by atoms with Crippen LogP contribution in [0.3, 0.4) is 0 Å². The number of amides is 2. The van der Waals surface area contributed by atoms with E-state index in [2.05, 4.69) is 5.32 Å². The molecule has 1 fully saturated rings. The Morgan fingerprint density at radius 2 is 1.86 bits per heavy atom. The molecule has 29 heavy (non-hydrogen) atoms. The van der Waals surface area contributed by atoms with Gasteiger partial charge in [-0.1, -0.05) is 36.4 Å². The number of benzene rings is 2. The molecule has 2 aromatic rings. The summed E-state index contributed by atoms with van der Waals surface area (Å²) in [6, 6.07) is 15.8. The lowest BCUT2D eigenvalue weighted by Crippen LogP contribution is -2.41. The maximum atomic E-state index is 12.7. The summed E-state index contributed by atoms with van der Waals surface area (Å²) in [5.74, 6) is 1.53. The van der Waals surface area contributed by atoms with E-state index in [1.54, 1.807) is 0 Å². The Morgan fingerprint density at radius 3 is 2.69 bits per heavy atom. The van der Waals surface area contributed by atoms with Gasteiger partial charge in [-0.25, -0.2) is 0 Å². The fourth-order valence-corrected chi connectivity index (χ4v) is 3.93. The summed E-state index contributed by atoms with van der Waals surface area (Å²) >= 11 is 0. The van der Waals surface area contributed by atoms with Crippen molar-refractivity contribution in [1.29, 1.82) is 0 Å². The first-order valence-electron chi connectivity index (χ1n) is 10.2. The normalized spacial score (nSPS) is 16.6. The van der Waals surface area contributed by atoms with E-state index in [-0.39, 0.29) is 24.5 Å². The summed E-state index contributed by atoms with van der Waals surface area (Å²) in [6.45, 7) is 2.07. The SMILES string of the molecule is O=C(CC(c1ccccc1)c1ccc2c(c1)OCO2)NCCN1CCCCC1=O. The number of rotatable bonds is 7. The molecule has 1 atom stereocenters. The van der Waals surface area contributed by atoms with Crippen LogP contribution in [0.25, 0.3) is 0 Å². The Balaban J connectivity index is 1.41. The van der Waals surface area contributed by atoms with Crippen molar-refractivity contribution in [2.45, 2.75) is 31.6 Å². The van der Waals surface area contributed by atoms with Gasteiger partial charge in [0.05, 0.1) is 0 Å². The molecule has 2 aliphatic heterocycles. The number of carbonyl (C=O) groups excluding carboxylic acids is 2. The van der Waals surface area contributed by atoms with E-state index in [0.29, 0.717) is 31.7 Å². The summed E-state index contributed by atoms with van der Waals surface area (Å²) in [5, 5.41) is 2.98. The molecular formula is C23H26N2O4. The third-order valence-electron chi connectivity index (χ3n) is 5.52. The van der Waals surface area contributed by atoms with E-state index in [4.69, 9.17) is 9.47 Å². The molecule has 1 saturated heterocycles. The molecule has 0 aliphatic carbocycles. The van der Waals surface area contributed by atoms with Gasteiger partial charge in [-0.2, -0.15) is 0 Å². The molecule has 152 valence electrons. The minimum Gasteiger partial charge on any atom is -0.454 e. The van der Waals surface area contributed by atoms with Crippen LogP contribution in [-0.4, -0.2) is 43.1 Å². The van der Waals surface area contributed by atoms with Crippen LogP contribution in [-0.2, 0) is 9.59 Å². The maximum absolute atomic E-state index is 12.7. The highest BCUT2D eigenvalue weighted by Gasteiger charge is 2.22. The van der Waals surface area contributed by atoms with Gasteiger partial charge >= 0.3 is 0 Å². The molecule has 1 N–H and O–H groups in total. The monoisotopic (exact) mass is 394 g/mol. The fourth-order valence-electron chi connectivity index (χ4n) is 3.93. The largest absolute Gasteiger partial charge is 0.454 e. The Bertz CT molecular complexity index is 868. The smallest absolute Gasteiger partial charge is 0.231 e. The van der Waals surface area contributed by atoms with Crippen LogP contribution in [0.5, 0.6) is 11.5 Å². The summed E-state index contributed by atoms with van der Waals surface area (Å²) in [6.07, 6.45) is 2.96. The van der Waals surface area contributed by atoms with Crippen molar-refractivity contribution in [1.82, 2.24) is 10.2 Å². The molecule has 0 saturated carbocycles. The first-order chi connectivity index (χ1) is 14.2. The Hall–Kier alpha value is -3.02. The molecule has 6 nitrogen and oxygen atoms in total. The van der Waals surface area contributed by atoms with Crippen LogP contribution in [0.4, 0.5) is 0 Å². The van der Waals surface area contributed by atoms with Crippen LogP contribution in [0.1, 0.15) is 42.7 Å². The summed E-state index contributed by atoms with van der Waals surface area (Å²) in [4.78, 5) is 26.4. The van der Waals surface area contributed by atoms with Crippen molar-refractivity contribution < 1.29 is 19.1 Å². The number of likely N-dealkylation sites (tertiary alicyclic amines) is 1. The number of nitrogens with zero attached hydrogens (tertiary/aromatic N) is 1. The van der Waals surface area contributed by atoms with Crippen LogP contribution in [0.15, 0.2) is 48.5 Å². The highest BCUT2D eigenvalue weighted by Crippen LogP contribution is 2.37. The number of nitrogens with one attached hydrogen (secondary N) is 1. The average molecular weight is 394 g/mol. The van der Waals surface area contributed by atoms with Gasteiger partial charge in [-0.3, -0.25) is 9.59 Å². The molecule has 4 rings (SSSR count). The lowest BCUT2D eigenvalue weighted by atomic mass is 9.88. The van der Waals surface area contributed by atoms with Crippen molar-refractivity contribution in [3.8, 4) is 11.5 Å². The number of hydrogen-bond acceptors (Lipinski definition) is 4. The van der Waals surface area contributed by atoms with Gasteiger partial charge in [0.1, 0.15) is 0 Å². The van der Waals surface area contributed by atoms with E-state index in [9.17, 15) is 9.59 Å². The number of ether oxygens (including phenoxy) is 2. The maximum Gasteiger partial charge on any atom is 0.231 e. The van der Waals surface area contributed by atoms with E-state index in [0.717, 1.165) is 36.3 Å². The minimum absolute atomic E-state index is 0.0269. The molecular weight excluding hydrogens is 368 g/mol. The molecule has 2 aromatic carbocycles. The third kappa shape index (κ3) is 4.70. The first kappa shape index (κ1) is 19.3. The molecule has 1 unspecified atom stereocenters. The second-order valence-electron chi connectivity index (χ2n) is 7.47. The van der Waals surface area contributed by atoms with Crippen LogP contribution >= 0.6 is 0 Å². The molecule has 6 heteroatoms. The zero-order chi connectivity index (χ0) is 20.1. The van der Waals surface area contributed by atoms with Gasteiger partial charge in [-0.05, 0) is 36.1 Å². The highest BCUT2D eigenvalue weighted by atomic mass is 16.7. The third-order valence-corrected chi connectivity index (χ3v) is 5.52. The topological polar surface area (TPSA) is 67.9 Å². The van der Waals surface area contributed by atoms with Gasteiger partial charge in [0, 0.05) is 38.4 Å². The Labute approximate surface area is 170 Å². The summed E-state index contributed by atoms with van der Waals surface area (Å²) in [7, 11) is 0. The average Bonchev–Trinajstić information content (AvgIpc) is 3.22. The lowest BCUT2D eigenvalue weighted by Gasteiger charge is -2.26. The van der Waals surface area contributed by atoms with Crippen molar-refractivity contribution in [3.63, 3.8) is 0 Å². The van der Waals surface area contributed by atoms with Gasteiger partial charge < -0.3 is 19.7 Å². The Morgan fingerprint density at radius 1 is 1.03 bits per heavy atom. The predicted octanol–water partition coefficient (Wildman–Crippen LogP) is 3.07. The number of hydrogen-bond donors (Lipinski definition) is 1. The van der Waals surface area contributed by atoms with E-state index in [1.165, 1.54) is 0 Å². The van der Waals surface area contributed by atoms with Crippen molar-refractivity contribution in [2.24, 2.45) is 0 Å². The van der Waals surface area contributed by atoms with Crippen LogP contribution in [0.2, 0.25) is 0 Å². The van der Waals surface area contributed by atoms with Crippen molar-refractivity contribution >= 4 is 11.8 Å². The first-order valence-corrected chi connectivity index (χ1v) is 10.2.